The van der Waals surface area contributed by atoms with Gasteiger partial charge in [0.15, 0.2) is 5.11 Å². The van der Waals surface area contributed by atoms with Gasteiger partial charge in [-0.05, 0) is 74.4 Å². The summed E-state index contributed by atoms with van der Waals surface area (Å²) < 4.78 is 11.3. The number of thiocarbonyl (C=S) groups is 1. The van der Waals surface area contributed by atoms with Crippen molar-refractivity contribution in [2.24, 2.45) is 0 Å². The Labute approximate surface area is 188 Å². The van der Waals surface area contributed by atoms with Crippen LogP contribution in [0.5, 0.6) is 11.5 Å². The number of carbonyl (C=O) groups excluding carboxylic acids is 1. The molecule has 0 saturated carbocycles. The largest absolute Gasteiger partial charge is 0.490 e. The highest BCUT2D eigenvalue weighted by molar-refractivity contribution is 7.80. The average molecular weight is 435 g/mol. The second kappa shape index (κ2) is 10.6. The minimum absolute atomic E-state index is 0.252. The van der Waals surface area contributed by atoms with Crippen LogP contribution in [-0.2, 0) is 0 Å². The van der Waals surface area contributed by atoms with Crippen LogP contribution >= 0.6 is 12.2 Å². The first kappa shape index (κ1) is 22.3. The predicted octanol–water partition coefficient (Wildman–Crippen LogP) is 5.20. The normalized spacial score (nSPS) is 10.3. The van der Waals surface area contributed by atoms with Crippen molar-refractivity contribution >= 4 is 28.9 Å². The molecule has 0 unspecified atom stereocenters. The molecule has 0 spiro atoms. The molecule has 160 valence electrons. The van der Waals surface area contributed by atoms with Crippen LogP contribution in [0, 0.1) is 20.8 Å². The number of carbonyl (C=O) groups is 1. The van der Waals surface area contributed by atoms with E-state index in [-0.39, 0.29) is 11.0 Å². The highest BCUT2D eigenvalue weighted by atomic mass is 32.1. The molecule has 2 N–H and O–H groups in total. The number of rotatable bonds is 7. The quantitative estimate of drug-likeness (QED) is 0.396. The van der Waals surface area contributed by atoms with Crippen molar-refractivity contribution in [3.8, 4) is 11.5 Å². The van der Waals surface area contributed by atoms with Crippen LogP contribution in [0.15, 0.2) is 66.7 Å². The number of hydrogen-bond acceptors (Lipinski definition) is 4. The second-order valence-corrected chi connectivity index (χ2v) is 7.63. The SMILES string of the molecule is Cc1cc(C)c(NC(=S)NC(=O)c2cccc(OCCOc3ccccc3)c2)c(C)c1. The molecule has 0 aliphatic heterocycles. The first-order chi connectivity index (χ1) is 14.9. The molecule has 0 bridgehead atoms. The summed E-state index contributed by atoms with van der Waals surface area (Å²) in [5.41, 5.74) is 4.69. The molecule has 0 aromatic heterocycles. The third-order valence-electron chi connectivity index (χ3n) is 4.60. The third kappa shape index (κ3) is 6.55. The van der Waals surface area contributed by atoms with Crippen LogP contribution in [-0.4, -0.2) is 24.2 Å². The van der Waals surface area contributed by atoms with Gasteiger partial charge >= 0.3 is 0 Å². The van der Waals surface area contributed by atoms with Crippen LogP contribution in [0.2, 0.25) is 0 Å². The zero-order valence-corrected chi connectivity index (χ0v) is 18.7. The van der Waals surface area contributed by atoms with Gasteiger partial charge in [0.05, 0.1) is 0 Å². The van der Waals surface area contributed by atoms with E-state index < -0.39 is 0 Å². The molecule has 3 rings (SSSR count). The second-order valence-electron chi connectivity index (χ2n) is 7.22. The van der Waals surface area contributed by atoms with Gasteiger partial charge < -0.3 is 14.8 Å². The number of para-hydroxylation sites is 1. The van der Waals surface area contributed by atoms with Crippen LogP contribution in [0.1, 0.15) is 27.0 Å². The van der Waals surface area contributed by atoms with Crippen LogP contribution in [0.3, 0.4) is 0 Å². The molecule has 0 atom stereocenters. The molecule has 0 aliphatic carbocycles. The molecule has 0 aliphatic rings. The minimum Gasteiger partial charge on any atom is -0.490 e. The monoisotopic (exact) mass is 434 g/mol. The van der Waals surface area contributed by atoms with E-state index in [1.165, 1.54) is 5.56 Å². The first-order valence-corrected chi connectivity index (χ1v) is 10.4. The standard InChI is InChI=1S/C25H26N2O3S/c1-17-14-18(2)23(19(3)15-17)26-25(31)27-24(28)20-8-7-11-22(16-20)30-13-12-29-21-9-5-4-6-10-21/h4-11,14-16H,12-13H2,1-3H3,(H2,26,27,28,31). The molecular formula is C25H26N2O3S. The minimum atomic E-state index is -0.300. The number of hydrogen-bond donors (Lipinski definition) is 2. The zero-order chi connectivity index (χ0) is 22.2. The Bertz CT molecular complexity index is 1040. The number of nitrogens with one attached hydrogen (secondary N) is 2. The summed E-state index contributed by atoms with van der Waals surface area (Å²) in [6.07, 6.45) is 0. The Hall–Kier alpha value is -3.38. The molecule has 0 radical (unpaired) electrons. The highest BCUT2D eigenvalue weighted by Crippen LogP contribution is 2.22. The van der Waals surface area contributed by atoms with Crippen molar-refractivity contribution in [3.63, 3.8) is 0 Å². The van der Waals surface area contributed by atoms with Crippen molar-refractivity contribution < 1.29 is 14.3 Å². The molecule has 3 aromatic rings. The summed E-state index contributed by atoms with van der Waals surface area (Å²) in [5.74, 6) is 1.08. The van der Waals surface area contributed by atoms with Gasteiger partial charge in [-0.15, -0.1) is 0 Å². The van der Waals surface area contributed by atoms with E-state index in [0.717, 1.165) is 22.6 Å². The smallest absolute Gasteiger partial charge is 0.257 e. The van der Waals surface area contributed by atoms with E-state index in [2.05, 4.69) is 22.8 Å². The summed E-state index contributed by atoms with van der Waals surface area (Å²) >= 11 is 5.34. The Morgan fingerprint density at radius 3 is 2.13 bits per heavy atom. The molecule has 3 aromatic carbocycles. The predicted molar refractivity (Wildman–Crippen MR) is 128 cm³/mol. The maximum Gasteiger partial charge on any atom is 0.257 e. The van der Waals surface area contributed by atoms with E-state index in [1.807, 2.05) is 51.1 Å². The summed E-state index contributed by atoms with van der Waals surface area (Å²) in [4.78, 5) is 12.6. The summed E-state index contributed by atoms with van der Waals surface area (Å²) in [7, 11) is 0. The average Bonchev–Trinajstić information content (AvgIpc) is 2.75. The van der Waals surface area contributed by atoms with Gasteiger partial charge in [-0.1, -0.05) is 42.0 Å². The summed E-state index contributed by atoms with van der Waals surface area (Å²) in [6, 6.07) is 20.7. The lowest BCUT2D eigenvalue weighted by molar-refractivity contribution is 0.0977. The lowest BCUT2D eigenvalue weighted by Crippen LogP contribution is -2.34. The first-order valence-electron chi connectivity index (χ1n) is 10.0. The topological polar surface area (TPSA) is 59.6 Å². The van der Waals surface area contributed by atoms with Crippen molar-refractivity contribution in [1.82, 2.24) is 5.32 Å². The Morgan fingerprint density at radius 2 is 1.45 bits per heavy atom. The van der Waals surface area contributed by atoms with Crippen LogP contribution in [0.4, 0.5) is 5.69 Å². The summed E-state index contributed by atoms with van der Waals surface area (Å²) in [6.45, 7) is 6.84. The lowest BCUT2D eigenvalue weighted by atomic mass is 10.1. The molecule has 0 heterocycles. The van der Waals surface area contributed by atoms with Crippen LogP contribution < -0.4 is 20.1 Å². The van der Waals surface area contributed by atoms with Gasteiger partial charge in [0.1, 0.15) is 24.7 Å². The number of amides is 1. The van der Waals surface area contributed by atoms with Crippen molar-refractivity contribution in [1.29, 1.82) is 0 Å². The van der Waals surface area contributed by atoms with Gasteiger partial charge in [0.2, 0.25) is 0 Å². The third-order valence-corrected chi connectivity index (χ3v) is 4.81. The Kier molecular flexibility index (Phi) is 7.62. The maximum absolute atomic E-state index is 12.6. The number of ether oxygens (including phenoxy) is 2. The molecule has 0 saturated heterocycles. The number of aryl methyl sites for hydroxylation is 3. The molecule has 0 fully saturated rings. The van der Waals surface area contributed by atoms with Crippen LogP contribution in [0.25, 0.3) is 0 Å². The maximum atomic E-state index is 12.6. The van der Waals surface area contributed by atoms with Crippen molar-refractivity contribution in [2.75, 3.05) is 18.5 Å². The number of anilines is 1. The van der Waals surface area contributed by atoms with Gasteiger partial charge in [-0.3, -0.25) is 10.1 Å². The van der Waals surface area contributed by atoms with Crippen molar-refractivity contribution in [2.45, 2.75) is 20.8 Å². The Balaban J connectivity index is 1.53. The van der Waals surface area contributed by atoms with Gasteiger partial charge in [-0.25, -0.2) is 0 Å². The van der Waals surface area contributed by atoms with E-state index in [4.69, 9.17) is 21.7 Å². The van der Waals surface area contributed by atoms with E-state index in [9.17, 15) is 4.79 Å². The molecular weight excluding hydrogens is 408 g/mol. The van der Waals surface area contributed by atoms with Gasteiger partial charge in [-0.2, -0.15) is 0 Å². The highest BCUT2D eigenvalue weighted by Gasteiger charge is 2.11. The number of benzene rings is 3. The molecule has 31 heavy (non-hydrogen) atoms. The van der Waals surface area contributed by atoms with Gasteiger partial charge in [0.25, 0.3) is 5.91 Å². The molecule has 6 heteroatoms. The van der Waals surface area contributed by atoms with Gasteiger partial charge in [0, 0.05) is 11.3 Å². The van der Waals surface area contributed by atoms with Crippen molar-refractivity contribution in [3.05, 3.63) is 89.0 Å². The summed E-state index contributed by atoms with van der Waals surface area (Å²) in [5, 5.41) is 6.11. The van der Waals surface area contributed by atoms with E-state index >= 15 is 0 Å². The van der Waals surface area contributed by atoms with E-state index in [1.54, 1.807) is 24.3 Å². The fraction of sp³-hybridized carbons (Fsp3) is 0.200. The molecule has 1 amide bonds. The van der Waals surface area contributed by atoms with E-state index in [0.29, 0.717) is 24.5 Å². The Morgan fingerprint density at radius 1 is 0.839 bits per heavy atom. The fourth-order valence-electron chi connectivity index (χ4n) is 3.26. The zero-order valence-electron chi connectivity index (χ0n) is 17.9. The fourth-order valence-corrected chi connectivity index (χ4v) is 3.45. The molecule has 5 nitrogen and oxygen atoms in total. The lowest BCUT2D eigenvalue weighted by Gasteiger charge is -2.15.